The van der Waals surface area contributed by atoms with Crippen LogP contribution in [0.25, 0.3) is 16.2 Å². The third kappa shape index (κ3) is 3.95. The number of ether oxygens (including phenoxy) is 2. The first-order valence-electron chi connectivity index (χ1n) is 9.12. The lowest BCUT2D eigenvalue weighted by Crippen LogP contribution is -2.15. The van der Waals surface area contributed by atoms with Gasteiger partial charge in [0.2, 0.25) is 5.91 Å². The van der Waals surface area contributed by atoms with Gasteiger partial charge in [-0.15, -0.1) is 11.3 Å². The number of nitrogens with one attached hydrogen (secondary N) is 1. The number of amides is 1. The molecule has 0 aliphatic rings. The van der Waals surface area contributed by atoms with Crippen molar-refractivity contribution in [2.45, 2.75) is 13.3 Å². The molecule has 0 fully saturated rings. The summed E-state index contributed by atoms with van der Waals surface area (Å²) in [4.78, 5) is 18.0. The molecule has 29 heavy (non-hydrogen) atoms. The molecular weight excluding hydrogens is 386 g/mol. The van der Waals surface area contributed by atoms with Gasteiger partial charge in [-0.1, -0.05) is 12.1 Å². The zero-order valence-corrected chi connectivity index (χ0v) is 17.2. The number of methoxy groups -OCH3 is 2. The molecule has 0 aliphatic carbocycles. The fourth-order valence-electron chi connectivity index (χ4n) is 3.19. The number of rotatable bonds is 6. The molecule has 0 bridgehead atoms. The normalized spacial score (nSPS) is 10.9. The quantitative estimate of drug-likeness (QED) is 0.509. The third-order valence-corrected chi connectivity index (χ3v) is 5.50. The molecule has 7 heteroatoms. The first-order chi connectivity index (χ1) is 14.1. The van der Waals surface area contributed by atoms with Crippen LogP contribution in [0.2, 0.25) is 0 Å². The Balaban J connectivity index is 1.60. The van der Waals surface area contributed by atoms with Gasteiger partial charge in [0.15, 0.2) is 4.96 Å². The maximum atomic E-state index is 12.5. The number of hydrogen-bond acceptors (Lipinski definition) is 5. The van der Waals surface area contributed by atoms with Crippen molar-refractivity contribution in [1.82, 2.24) is 9.38 Å². The fourth-order valence-corrected chi connectivity index (χ4v) is 4.07. The molecule has 1 amide bonds. The van der Waals surface area contributed by atoms with E-state index in [9.17, 15) is 4.79 Å². The Morgan fingerprint density at radius 2 is 2.03 bits per heavy atom. The molecule has 0 saturated carbocycles. The predicted octanol–water partition coefficient (Wildman–Crippen LogP) is 4.57. The van der Waals surface area contributed by atoms with Gasteiger partial charge in [0.1, 0.15) is 11.5 Å². The Kier molecular flexibility index (Phi) is 5.22. The number of imidazole rings is 1. The summed E-state index contributed by atoms with van der Waals surface area (Å²) in [7, 11) is 3.26. The van der Waals surface area contributed by atoms with Gasteiger partial charge < -0.3 is 14.8 Å². The van der Waals surface area contributed by atoms with Crippen LogP contribution >= 0.6 is 11.3 Å². The Labute approximate surface area is 172 Å². The molecule has 0 spiro atoms. The van der Waals surface area contributed by atoms with E-state index < -0.39 is 0 Å². The third-order valence-electron chi connectivity index (χ3n) is 4.61. The van der Waals surface area contributed by atoms with Crippen LogP contribution in [0, 0.1) is 6.92 Å². The Hall–Kier alpha value is -3.32. The summed E-state index contributed by atoms with van der Waals surface area (Å²) in [6, 6.07) is 13.4. The van der Waals surface area contributed by atoms with Crippen molar-refractivity contribution in [2.75, 3.05) is 19.5 Å². The average molecular weight is 407 g/mol. The molecule has 2 aromatic heterocycles. The van der Waals surface area contributed by atoms with E-state index in [1.165, 1.54) is 11.3 Å². The summed E-state index contributed by atoms with van der Waals surface area (Å²) in [6.45, 7) is 2.00. The second kappa shape index (κ2) is 7.97. The van der Waals surface area contributed by atoms with Crippen molar-refractivity contribution in [3.63, 3.8) is 0 Å². The van der Waals surface area contributed by atoms with Crippen LogP contribution in [-0.2, 0) is 11.2 Å². The van der Waals surface area contributed by atoms with Crippen molar-refractivity contribution in [3.8, 4) is 22.8 Å². The van der Waals surface area contributed by atoms with Crippen LogP contribution in [0.5, 0.6) is 11.5 Å². The number of nitrogens with zero attached hydrogens (tertiary/aromatic N) is 2. The topological polar surface area (TPSA) is 64.9 Å². The standard InChI is InChI=1S/C22H21N3O3S/c1-14-5-4-6-15(9-14)23-21(26)10-16-13-29-22-24-19(12-25(16)22)18-11-17(27-2)7-8-20(18)28-3/h4-9,11-13H,10H2,1-3H3,(H,23,26). The molecule has 4 aromatic rings. The van der Waals surface area contributed by atoms with Gasteiger partial charge in [0, 0.05) is 28.5 Å². The Morgan fingerprint density at radius 3 is 2.79 bits per heavy atom. The monoisotopic (exact) mass is 407 g/mol. The van der Waals surface area contributed by atoms with Crippen LogP contribution < -0.4 is 14.8 Å². The number of aryl methyl sites for hydroxylation is 1. The zero-order valence-electron chi connectivity index (χ0n) is 16.4. The second-order valence-electron chi connectivity index (χ2n) is 6.67. The number of benzene rings is 2. The fraction of sp³-hybridized carbons (Fsp3) is 0.182. The Bertz CT molecular complexity index is 1180. The minimum Gasteiger partial charge on any atom is -0.497 e. The van der Waals surface area contributed by atoms with E-state index in [-0.39, 0.29) is 12.3 Å². The van der Waals surface area contributed by atoms with Crippen molar-refractivity contribution in [3.05, 3.63) is 65.3 Å². The smallest absolute Gasteiger partial charge is 0.230 e. The minimum absolute atomic E-state index is 0.0653. The van der Waals surface area contributed by atoms with Crippen molar-refractivity contribution < 1.29 is 14.3 Å². The van der Waals surface area contributed by atoms with Crippen molar-refractivity contribution in [2.24, 2.45) is 0 Å². The predicted molar refractivity (Wildman–Crippen MR) is 115 cm³/mol. The lowest BCUT2D eigenvalue weighted by atomic mass is 10.1. The van der Waals surface area contributed by atoms with E-state index in [4.69, 9.17) is 14.5 Å². The molecule has 2 heterocycles. The van der Waals surface area contributed by atoms with Gasteiger partial charge >= 0.3 is 0 Å². The van der Waals surface area contributed by atoms with E-state index in [0.29, 0.717) is 0 Å². The number of hydrogen-bond donors (Lipinski definition) is 1. The summed E-state index contributed by atoms with van der Waals surface area (Å²) < 4.78 is 12.8. The highest BCUT2D eigenvalue weighted by Gasteiger charge is 2.16. The number of aromatic nitrogens is 2. The molecule has 6 nitrogen and oxygen atoms in total. The Morgan fingerprint density at radius 1 is 1.17 bits per heavy atom. The van der Waals surface area contributed by atoms with Crippen molar-refractivity contribution in [1.29, 1.82) is 0 Å². The number of fused-ring (bicyclic) bond motifs is 1. The largest absolute Gasteiger partial charge is 0.497 e. The van der Waals surface area contributed by atoms with E-state index in [0.717, 1.165) is 44.7 Å². The van der Waals surface area contributed by atoms with Gasteiger partial charge in [0.05, 0.1) is 26.3 Å². The van der Waals surface area contributed by atoms with E-state index in [1.807, 2.05) is 65.4 Å². The molecule has 1 N–H and O–H groups in total. The number of carbonyl (C=O) groups excluding carboxylic acids is 1. The first kappa shape index (κ1) is 19.0. The summed E-state index contributed by atoms with van der Waals surface area (Å²) in [5.41, 5.74) is 4.41. The van der Waals surface area contributed by atoms with Crippen LogP contribution in [-0.4, -0.2) is 29.5 Å². The molecule has 2 aromatic carbocycles. The maximum absolute atomic E-state index is 12.5. The molecule has 0 atom stereocenters. The van der Waals surface area contributed by atoms with Gasteiger partial charge in [-0.05, 0) is 42.8 Å². The van der Waals surface area contributed by atoms with Gasteiger partial charge in [-0.2, -0.15) is 0 Å². The lowest BCUT2D eigenvalue weighted by Gasteiger charge is -2.08. The SMILES string of the molecule is COc1ccc(OC)c(-c2cn3c(CC(=O)Nc4cccc(C)c4)csc3n2)c1. The molecular formula is C22H21N3O3S. The van der Waals surface area contributed by atoms with Gasteiger partial charge in [0.25, 0.3) is 0 Å². The summed E-state index contributed by atoms with van der Waals surface area (Å²) in [5.74, 6) is 1.38. The van der Waals surface area contributed by atoms with E-state index in [2.05, 4.69) is 5.32 Å². The highest BCUT2D eigenvalue weighted by molar-refractivity contribution is 7.15. The van der Waals surface area contributed by atoms with Crippen LogP contribution in [0.1, 0.15) is 11.3 Å². The highest BCUT2D eigenvalue weighted by atomic mass is 32.1. The molecule has 0 saturated heterocycles. The molecule has 4 rings (SSSR count). The lowest BCUT2D eigenvalue weighted by molar-refractivity contribution is -0.115. The zero-order chi connectivity index (χ0) is 20.4. The maximum Gasteiger partial charge on any atom is 0.230 e. The minimum atomic E-state index is -0.0653. The van der Waals surface area contributed by atoms with E-state index in [1.54, 1.807) is 14.2 Å². The summed E-state index contributed by atoms with van der Waals surface area (Å²) >= 11 is 1.50. The molecule has 0 aliphatic heterocycles. The van der Waals surface area contributed by atoms with Gasteiger partial charge in [-0.25, -0.2) is 4.98 Å². The summed E-state index contributed by atoms with van der Waals surface area (Å²) in [6.07, 6.45) is 2.19. The number of carbonyl (C=O) groups is 1. The molecule has 0 radical (unpaired) electrons. The number of thiazole rings is 1. The second-order valence-corrected chi connectivity index (χ2v) is 7.50. The number of anilines is 1. The average Bonchev–Trinajstić information content (AvgIpc) is 3.29. The highest BCUT2D eigenvalue weighted by Crippen LogP contribution is 2.34. The van der Waals surface area contributed by atoms with E-state index >= 15 is 0 Å². The summed E-state index contributed by atoms with van der Waals surface area (Å²) in [5, 5.41) is 4.92. The van der Waals surface area contributed by atoms with Crippen LogP contribution in [0.4, 0.5) is 5.69 Å². The first-order valence-corrected chi connectivity index (χ1v) is 9.99. The molecule has 148 valence electrons. The van der Waals surface area contributed by atoms with Crippen LogP contribution in [0.3, 0.4) is 0 Å². The van der Waals surface area contributed by atoms with Crippen molar-refractivity contribution >= 4 is 27.9 Å². The molecule has 0 unspecified atom stereocenters. The van der Waals surface area contributed by atoms with Gasteiger partial charge in [-0.3, -0.25) is 9.20 Å². The van der Waals surface area contributed by atoms with Crippen LogP contribution in [0.15, 0.2) is 54.0 Å².